The van der Waals surface area contributed by atoms with Gasteiger partial charge in [-0.1, -0.05) is 18.2 Å². The van der Waals surface area contributed by atoms with Crippen LogP contribution in [-0.4, -0.2) is 60.6 Å². The molecule has 4 rings (SSSR count). The van der Waals surface area contributed by atoms with Gasteiger partial charge in [0.15, 0.2) is 5.71 Å². The standard InChI is InChI=1S/C28H24N2O6/c1-29(2)16-9-11-18(21(13-16)27(32)33)25(19-12-10-17(30(3)4)14-22(19)28(34)35)23-15-36-24-8-6-5-7-20(24)26(23)31/h5-15H,1-4H3,(H-,32,33,34,35)/p+1. The quantitative estimate of drug-likeness (QED) is 0.531. The van der Waals surface area contributed by atoms with Crippen molar-refractivity contribution in [3.8, 4) is 0 Å². The molecule has 0 saturated carbocycles. The van der Waals surface area contributed by atoms with Crippen LogP contribution in [-0.2, 0) is 4.79 Å². The highest BCUT2D eigenvalue weighted by Gasteiger charge is 2.28. The minimum atomic E-state index is -1.21. The van der Waals surface area contributed by atoms with E-state index >= 15 is 0 Å². The van der Waals surface area contributed by atoms with E-state index in [1.165, 1.54) is 18.4 Å². The molecule has 0 unspecified atom stereocenters. The fourth-order valence-corrected chi connectivity index (χ4v) is 4.10. The Labute approximate surface area is 207 Å². The number of fused-ring (bicyclic) bond motifs is 1. The van der Waals surface area contributed by atoms with Gasteiger partial charge in [-0.25, -0.2) is 14.2 Å². The highest BCUT2D eigenvalue weighted by molar-refractivity contribution is 6.13. The molecule has 0 fully saturated rings. The molecular weight excluding hydrogens is 460 g/mol. The molecule has 1 aliphatic rings. The number of rotatable bonds is 5. The van der Waals surface area contributed by atoms with Crippen molar-refractivity contribution in [1.29, 1.82) is 0 Å². The highest BCUT2D eigenvalue weighted by Crippen LogP contribution is 2.35. The number of aliphatic carboxylic acids is 1. The van der Waals surface area contributed by atoms with E-state index in [1.807, 2.05) is 0 Å². The van der Waals surface area contributed by atoms with Crippen molar-refractivity contribution >= 4 is 39.9 Å². The van der Waals surface area contributed by atoms with E-state index in [0.717, 1.165) is 0 Å². The van der Waals surface area contributed by atoms with Gasteiger partial charge in [0.1, 0.15) is 25.9 Å². The monoisotopic (exact) mass is 485 g/mol. The number of carboxylic acid groups (broad SMARTS) is 2. The first kappa shape index (κ1) is 24.4. The van der Waals surface area contributed by atoms with Crippen LogP contribution in [0.25, 0.3) is 16.5 Å². The third-order valence-corrected chi connectivity index (χ3v) is 5.99. The van der Waals surface area contributed by atoms with Gasteiger partial charge >= 0.3 is 11.9 Å². The number of hydrogen-bond acceptors (Lipinski definition) is 5. The number of carboxylic acids is 2. The Morgan fingerprint density at radius 1 is 0.917 bits per heavy atom. The average Bonchev–Trinajstić information content (AvgIpc) is 2.85. The Bertz CT molecular complexity index is 1600. The normalized spacial score (nSPS) is 14.4. The molecule has 2 N–H and O–H groups in total. The molecule has 8 nitrogen and oxygen atoms in total. The summed E-state index contributed by atoms with van der Waals surface area (Å²) in [5, 5.41) is 20.5. The maximum absolute atomic E-state index is 13.6. The van der Waals surface area contributed by atoms with E-state index in [1.54, 1.807) is 86.2 Å². The summed E-state index contributed by atoms with van der Waals surface area (Å²) in [6, 6.07) is 11.5. The zero-order valence-electron chi connectivity index (χ0n) is 20.3. The zero-order chi connectivity index (χ0) is 26.1. The lowest BCUT2D eigenvalue weighted by molar-refractivity contribution is -0.462. The number of allylic oxidation sites excluding steroid dienone is 3. The van der Waals surface area contributed by atoms with E-state index in [4.69, 9.17) is 4.42 Å². The number of hydrogen-bond donors (Lipinski definition) is 2. The fraction of sp³-hybridized carbons (Fsp3) is 0.143. The smallest absolute Gasteiger partial charge is 0.336 e. The Balaban J connectivity index is 2.17. The summed E-state index contributed by atoms with van der Waals surface area (Å²) < 4.78 is 7.50. The van der Waals surface area contributed by atoms with E-state index in [9.17, 15) is 24.6 Å². The number of nitrogens with zero attached hydrogens (tertiary/aromatic N) is 2. The minimum Gasteiger partial charge on any atom is -0.478 e. The van der Waals surface area contributed by atoms with Crippen LogP contribution >= 0.6 is 0 Å². The van der Waals surface area contributed by atoms with Crippen molar-refractivity contribution in [2.24, 2.45) is 0 Å². The maximum Gasteiger partial charge on any atom is 0.336 e. The van der Waals surface area contributed by atoms with Crippen LogP contribution < -0.4 is 10.3 Å². The predicted octanol–water partition coefficient (Wildman–Crippen LogP) is 3.65. The molecule has 0 aliphatic heterocycles. The van der Waals surface area contributed by atoms with Gasteiger partial charge in [0, 0.05) is 37.5 Å². The van der Waals surface area contributed by atoms with E-state index < -0.39 is 17.4 Å². The Morgan fingerprint density at radius 2 is 1.64 bits per heavy atom. The van der Waals surface area contributed by atoms with Gasteiger partial charge in [-0.3, -0.25) is 4.79 Å². The number of para-hydroxylation sites is 1. The lowest BCUT2D eigenvalue weighted by Crippen LogP contribution is -2.19. The van der Waals surface area contributed by atoms with Crippen molar-refractivity contribution in [2.45, 2.75) is 0 Å². The first-order valence-corrected chi connectivity index (χ1v) is 11.1. The molecule has 8 heteroatoms. The van der Waals surface area contributed by atoms with E-state index in [0.29, 0.717) is 22.4 Å². The summed E-state index contributed by atoms with van der Waals surface area (Å²) >= 11 is 0. The summed E-state index contributed by atoms with van der Waals surface area (Å²) in [5.74, 6) is -2.42. The van der Waals surface area contributed by atoms with Gasteiger partial charge in [0.05, 0.1) is 22.1 Å². The van der Waals surface area contributed by atoms with E-state index in [-0.39, 0.29) is 33.4 Å². The Hall–Kier alpha value is -4.72. The lowest BCUT2D eigenvalue weighted by Gasteiger charge is -2.20. The average molecular weight is 486 g/mol. The predicted molar refractivity (Wildman–Crippen MR) is 138 cm³/mol. The van der Waals surface area contributed by atoms with E-state index in [2.05, 4.69) is 0 Å². The number of anilines is 1. The van der Waals surface area contributed by atoms with Gasteiger partial charge in [-0.15, -0.1) is 0 Å². The third kappa shape index (κ3) is 4.36. The van der Waals surface area contributed by atoms with Crippen LogP contribution in [0.5, 0.6) is 0 Å². The molecule has 0 saturated heterocycles. The van der Waals surface area contributed by atoms with Crippen LogP contribution in [0.3, 0.4) is 0 Å². The molecule has 1 aliphatic carbocycles. The maximum atomic E-state index is 13.6. The van der Waals surface area contributed by atoms with Gasteiger partial charge in [0.25, 0.3) is 0 Å². The molecular formula is C28H25N2O6+. The number of benzene rings is 2. The van der Waals surface area contributed by atoms with Gasteiger partial charge in [0.2, 0.25) is 5.43 Å². The first-order valence-electron chi connectivity index (χ1n) is 11.1. The first-order chi connectivity index (χ1) is 17.1. The Kier molecular flexibility index (Phi) is 6.44. The molecule has 2 aromatic carbocycles. The second kappa shape index (κ2) is 9.50. The molecule has 1 heterocycles. The SMILES string of the molecule is CN(C)c1ccc(/C(=C2\C=CC(=[N+](C)C)C=C2C(=O)O)c2coc3ccccc3c2=O)c(C(=O)O)c1. The van der Waals surface area contributed by atoms with Crippen LogP contribution in [0.1, 0.15) is 21.5 Å². The molecule has 36 heavy (non-hydrogen) atoms. The van der Waals surface area contributed by atoms with Crippen LogP contribution in [0.15, 0.2) is 87.3 Å². The largest absolute Gasteiger partial charge is 0.478 e. The molecule has 1 aromatic heterocycles. The molecule has 0 spiro atoms. The summed E-state index contributed by atoms with van der Waals surface area (Å²) in [4.78, 5) is 40.1. The second-order valence-electron chi connectivity index (χ2n) is 8.71. The third-order valence-electron chi connectivity index (χ3n) is 5.99. The zero-order valence-corrected chi connectivity index (χ0v) is 20.3. The van der Waals surface area contributed by atoms with Crippen LogP contribution in [0, 0.1) is 0 Å². The van der Waals surface area contributed by atoms with Crippen molar-refractivity contribution < 1.29 is 28.8 Å². The summed E-state index contributed by atoms with van der Waals surface area (Å²) in [6.45, 7) is 0. The number of carbonyl (C=O) groups is 2. The molecule has 0 radical (unpaired) electrons. The fourth-order valence-electron chi connectivity index (χ4n) is 4.10. The summed E-state index contributed by atoms with van der Waals surface area (Å²) in [6.07, 6.45) is 6.07. The molecule has 182 valence electrons. The van der Waals surface area contributed by atoms with Crippen LogP contribution in [0.2, 0.25) is 0 Å². The highest BCUT2D eigenvalue weighted by atomic mass is 16.4. The summed E-state index contributed by atoms with van der Waals surface area (Å²) in [5.41, 5.74) is 1.75. The van der Waals surface area contributed by atoms with Gasteiger partial charge in [-0.05, 0) is 41.5 Å². The Morgan fingerprint density at radius 3 is 2.28 bits per heavy atom. The number of aromatic carboxylic acids is 1. The van der Waals surface area contributed by atoms with Gasteiger partial charge < -0.3 is 19.5 Å². The lowest BCUT2D eigenvalue weighted by atomic mass is 9.84. The molecule has 0 amide bonds. The van der Waals surface area contributed by atoms with Gasteiger partial charge in [-0.2, -0.15) is 0 Å². The minimum absolute atomic E-state index is 0.0638. The van der Waals surface area contributed by atoms with Crippen LogP contribution in [0.4, 0.5) is 5.69 Å². The molecule has 0 bridgehead atoms. The second-order valence-corrected chi connectivity index (χ2v) is 8.71. The molecule has 0 atom stereocenters. The summed E-state index contributed by atoms with van der Waals surface area (Å²) in [7, 11) is 7.13. The van der Waals surface area contributed by atoms with Crippen molar-refractivity contribution in [3.63, 3.8) is 0 Å². The van der Waals surface area contributed by atoms with Crippen molar-refractivity contribution in [1.82, 2.24) is 0 Å². The molecule has 3 aromatic rings. The van der Waals surface area contributed by atoms with Crippen molar-refractivity contribution in [2.75, 3.05) is 33.1 Å². The topological polar surface area (TPSA) is 111 Å². The van der Waals surface area contributed by atoms with Crippen molar-refractivity contribution in [3.05, 3.63) is 105 Å².